The molecule has 2 N–H and O–H groups in total. The van der Waals surface area contributed by atoms with Crippen LogP contribution in [0.3, 0.4) is 0 Å². The quantitative estimate of drug-likeness (QED) is 0.418. The summed E-state index contributed by atoms with van der Waals surface area (Å²) in [4.78, 5) is 15.5. The molecule has 0 fully saturated rings. The van der Waals surface area contributed by atoms with Crippen LogP contribution in [0, 0.1) is 0 Å². The van der Waals surface area contributed by atoms with Crippen molar-refractivity contribution in [1.29, 1.82) is 0 Å². The van der Waals surface area contributed by atoms with Gasteiger partial charge in [-0.25, -0.2) is 5.43 Å². The van der Waals surface area contributed by atoms with Crippen molar-refractivity contribution in [3.8, 4) is 5.75 Å². The molecule has 0 atom stereocenters. The summed E-state index contributed by atoms with van der Waals surface area (Å²) in [6.45, 7) is 0. The van der Waals surface area contributed by atoms with Gasteiger partial charge in [0.05, 0.1) is 19.7 Å². The minimum atomic E-state index is -0.171. The van der Waals surface area contributed by atoms with E-state index in [9.17, 15) is 4.79 Å². The van der Waals surface area contributed by atoms with Crippen LogP contribution in [-0.2, 0) is 11.2 Å². The van der Waals surface area contributed by atoms with Gasteiger partial charge in [-0.1, -0.05) is 48.5 Å². The first-order chi connectivity index (χ1) is 13.3. The Labute approximate surface area is 156 Å². The van der Waals surface area contributed by atoms with Crippen molar-refractivity contribution in [2.24, 2.45) is 5.10 Å². The second kappa shape index (κ2) is 7.33. The van der Waals surface area contributed by atoms with Crippen LogP contribution in [0.5, 0.6) is 5.75 Å². The molecule has 0 radical (unpaired) electrons. The number of nitrogens with zero attached hydrogens (tertiary/aromatic N) is 1. The highest BCUT2D eigenvalue weighted by molar-refractivity contribution is 6.02. The van der Waals surface area contributed by atoms with E-state index in [0.717, 1.165) is 32.8 Å². The number of aromatic amines is 1. The van der Waals surface area contributed by atoms with E-state index in [2.05, 4.69) is 15.5 Å². The van der Waals surface area contributed by atoms with Crippen LogP contribution < -0.4 is 10.2 Å². The summed E-state index contributed by atoms with van der Waals surface area (Å²) in [5.74, 6) is 0.540. The fraction of sp³-hybridized carbons (Fsp3) is 0.0909. The monoisotopic (exact) mass is 357 g/mol. The Morgan fingerprint density at radius 3 is 2.70 bits per heavy atom. The number of hydrogen-bond acceptors (Lipinski definition) is 3. The number of hydrazone groups is 1. The van der Waals surface area contributed by atoms with Crippen LogP contribution in [0.15, 0.2) is 72.0 Å². The molecule has 0 spiro atoms. The summed E-state index contributed by atoms with van der Waals surface area (Å²) in [7, 11) is 1.62. The standard InChI is InChI=1S/C22H19N3O2/c1-27-21-11-10-15-6-2-3-7-17(15)19(21)14-24-25-22(26)12-16-13-23-20-9-5-4-8-18(16)20/h2-11,13-14,23H,12H2,1H3,(H,25,26)/b24-14+. The minimum Gasteiger partial charge on any atom is -0.496 e. The Kier molecular flexibility index (Phi) is 4.58. The van der Waals surface area contributed by atoms with Gasteiger partial charge in [0.25, 0.3) is 0 Å². The van der Waals surface area contributed by atoms with Crippen molar-refractivity contribution in [3.63, 3.8) is 0 Å². The number of amides is 1. The Balaban J connectivity index is 1.52. The molecule has 0 aliphatic rings. The maximum Gasteiger partial charge on any atom is 0.244 e. The number of carbonyl (C=O) groups is 1. The zero-order valence-corrected chi connectivity index (χ0v) is 14.9. The van der Waals surface area contributed by atoms with E-state index in [1.165, 1.54) is 0 Å². The van der Waals surface area contributed by atoms with Gasteiger partial charge >= 0.3 is 0 Å². The van der Waals surface area contributed by atoms with Gasteiger partial charge in [0.1, 0.15) is 5.75 Å². The summed E-state index contributed by atoms with van der Waals surface area (Å²) >= 11 is 0. The molecule has 0 aliphatic heterocycles. The van der Waals surface area contributed by atoms with Crippen LogP contribution in [0.1, 0.15) is 11.1 Å². The molecule has 3 aromatic carbocycles. The molecule has 134 valence electrons. The molecule has 0 saturated carbocycles. The number of carbonyl (C=O) groups excluding carboxylic acids is 1. The zero-order valence-electron chi connectivity index (χ0n) is 14.9. The van der Waals surface area contributed by atoms with Gasteiger partial charge in [0.15, 0.2) is 0 Å². The van der Waals surface area contributed by atoms with Crippen LogP contribution in [0.25, 0.3) is 21.7 Å². The van der Waals surface area contributed by atoms with E-state index in [4.69, 9.17) is 4.74 Å². The molecule has 0 bridgehead atoms. The summed E-state index contributed by atoms with van der Waals surface area (Å²) in [5.41, 5.74) is 5.41. The molecule has 1 heterocycles. The number of aromatic nitrogens is 1. The number of benzene rings is 3. The predicted octanol–water partition coefficient (Wildman–Crippen LogP) is 4.02. The lowest BCUT2D eigenvalue weighted by Crippen LogP contribution is -2.19. The van der Waals surface area contributed by atoms with E-state index in [1.807, 2.05) is 66.9 Å². The second-order valence-corrected chi connectivity index (χ2v) is 6.23. The topological polar surface area (TPSA) is 66.5 Å². The molecule has 5 nitrogen and oxygen atoms in total. The third kappa shape index (κ3) is 3.40. The van der Waals surface area contributed by atoms with Gasteiger partial charge in [-0.15, -0.1) is 0 Å². The van der Waals surface area contributed by atoms with Crippen molar-refractivity contribution in [1.82, 2.24) is 10.4 Å². The zero-order chi connectivity index (χ0) is 18.6. The number of nitrogens with one attached hydrogen (secondary N) is 2. The first-order valence-corrected chi connectivity index (χ1v) is 8.69. The first-order valence-electron chi connectivity index (χ1n) is 8.69. The molecule has 0 aliphatic carbocycles. The van der Waals surface area contributed by atoms with E-state index in [-0.39, 0.29) is 12.3 Å². The molecule has 4 rings (SSSR count). The molecule has 1 amide bonds. The molecule has 1 aromatic heterocycles. The number of hydrogen-bond donors (Lipinski definition) is 2. The Bertz CT molecular complexity index is 1140. The second-order valence-electron chi connectivity index (χ2n) is 6.23. The van der Waals surface area contributed by atoms with Gasteiger partial charge in [-0.2, -0.15) is 5.10 Å². The lowest BCUT2D eigenvalue weighted by molar-refractivity contribution is -0.120. The summed E-state index contributed by atoms with van der Waals surface area (Å²) in [5, 5.41) is 7.30. The van der Waals surface area contributed by atoms with E-state index in [0.29, 0.717) is 5.75 Å². The van der Waals surface area contributed by atoms with Gasteiger partial charge in [0, 0.05) is 22.7 Å². The third-order valence-electron chi connectivity index (χ3n) is 4.56. The van der Waals surface area contributed by atoms with Crippen molar-refractivity contribution in [2.45, 2.75) is 6.42 Å². The molecule has 4 aromatic rings. The predicted molar refractivity (Wildman–Crippen MR) is 108 cm³/mol. The summed E-state index contributed by atoms with van der Waals surface area (Å²) < 4.78 is 5.44. The fourth-order valence-corrected chi connectivity index (χ4v) is 3.25. The highest BCUT2D eigenvalue weighted by atomic mass is 16.5. The van der Waals surface area contributed by atoms with Crippen LogP contribution in [0.2, 0.25) is 0 Å². The maximum absolute atomic E-state index is 12.3. The van der Waals surface area contributed by atoms with E-state index in [1.54, 1.807) is 13.3 Å². The highest BCUT2D eigenvalue weighted by Gasteiger charge is 2.09. The Hall–Kier alpha value is -3.60. The summed E-state index contributed by atoms with van der Waals surface area (Å²) in [6.07, 6.45) is 3.75. The average molecular weight is 357 g/mol. The molecule has 0 saturated heterocycles. The average Bonchev–Trinajstić information content (AvgIpc) is 3.11. The molecule has 0 unspecified atom stereocenters. The van der Waals surface area contributed by atoms with Crippen molar-refractivity contribution in [2.75, 3.05) is 7.11 Å². The molecular weight excluding hydrogens is 338 g/mol. The Morgan fingerprint density at radius 2 is 1.85 bits per heavy atom. The van der Waals surface area contributed by atoms with Crippen LogP contribution in [-0.4, -0.2) is 24.2 Å². The largest absolute Gasteiger partial charge is 0.496 e. The molecule has 5 heteroatoms. The number of ether oxygens (including phenoxy) is 1. The van der Waals surface area contributed by atoms with Gasteiger partial charge in [0.2, 0.25) is 5.91 Å². The van der Waals surface area contributed by atoms with Crippen molar-refractivity contribution < 1.29 is 9.53 Å². The third-order valence-corrected chi connectivity index (χ3v) is 4.56. The lowest BCUT2D eigenvalue weighted by Gasteiger charge is -2.08. The number of rotatable bonds is 5. The van der Waals surface area contributed by atoms with E-state index < -0.39 is 0 Å². The van der Waals surface area contributed by atoms with E-state index >= 15 is 0 Å². The first kappa shape index (κ1) is 16.8. The Morgan fingerprint density at radius 1 is 1.07 bits per heavy atom. The molecule has 27 heavy (non-hydrogen) atoms. The van der Waals surface area contributed by atoms with Crippen LogP contribution in [0.4, 0.5) is 0 Å². The van der Waals surface area contributed by atoms with Crippen molar-refractivity contribution >= 4 is 33.8 Å². The van der Waals surface area contributed by atoms with Gasteiger partial charge < -0.3 is 9.72 Å². The highest BCUT2D eigenvalue weighted by Crippen LogP contribution is 2.26. The SMILES string of the molecule is COc1ccc2ccccc2c1/C=N/NC(=O)Cc1c[nH]c2ccccc12. The van der Waals surface area contributed by atoms with Gasteiger partial charge in [-0.3, -0.25) is 4.79 Å². The number of H-pyrrole nitrogens is 1. The fourth-order valence-electron chi connectivity index (χ4n) is 3.25. The van der Waals surface area contributed by atoms with Gasteiger partial charge in [-0.05, 0) is 28.5 Å². The normalized spacial score (nSPS) is 11.3. The van der Waals surface area contributed by atoms with Crippen LogP contribution >= 0.6 is 0 Å². The smallest absolute Gasteiger partial charge is 0.244 e. The summed E-state index contributed by atoms with van der Waals surface area (Å²) in [6, 6.07) is 19.8. The number of fused-ring (bicyclic) bond motifs is 2. The maximum atomic E-state index is 12.3. The lowest BCUT2D eigenvalue weighted by atomic mass is 10.0. The number of para-hydroxylation sites is 1. The molecular formula is C22H19N3O2. The number of methoxy groups -OCH3 is 1. The minimum absolute atomic E-state index is 0.171. The van der Waals surface area contributed by atoms with Crippen molar-refractivity contribution in [3.05, 3.63) is 78.0 Å².